The van der Waals surface area contributed by atoms with Crippen LogP contribution in [0.25, 0.3) is 10.8 Å². The second-order valence-corrected chi connectivity index (χ2v) is 6.09. The number of rotatable bonds is 4. The number of esters is 2. The van der Waals surface area contributed by atoms with Gasteiger partial charge in [-0.25, -0.2) is 0 Å². The molecule has 2 rings (SSSR count). The maximum Gasteiger partial charge on any atom is 0.308 e. The Morgan fingerprint density at radius 2 is 1.18 bits per heavy atom. The molecule has 0 bridgehead atoms. The topological polar surface area (TPSA) is 52.6 Å². The smallest absolute Gasteiger partial charge is 0.308 e. The van der Waals surface area contributed by atoms with E-state index < -0.39 is 0 Å². The Labute approximate surface area is 137 Å². The lowest BCUT2D eigenvalue weighted by atomic mass is 10.1. The molecule has 2 aromatic carbocycles. The van der Waals surface area contributed by atoms with Crippen molar-refractivity contribution < 1.29 is 19.1 Å². The van der Waals surface area contributed by atoms with Gasteiger partial charge in [0.25, 0.3) is 0 Å². The highest BCUT2D eigenvalue weighted by atomic mass is 32.2. The Kier molecular flexibility index (Phi) is 5.37. The van der Waals surface area contributed by atoms with E-state index in [-0.39, 0.29) is 11.9 Å². The number of carbonyl (C=O) groups is 2. The van der Waals surface area contributed by atoms with Crippen molar-refractivity contribution in [3.8, 4) is 11.5 Å². The molecule has 6 heteroatoms. The standard InChI is InChI=1S/C16H16O4S2/c1-9(17)19-13-11-7-5-6-8-12(11)14(20-10(2)18)16(22-4)15(13)21-3/h5-8H,1-4H3. The van der Waals surface area contributed by atoms with Gasteiger partial charge in [-0.05, 0) is 12.5 Å². The van der Waals surface area contributed by atoms with Gasteiger partial charge in [-0.3, -0.25) is 9.59 Å². The lowest BCUT2D eigenvalue weighted by Crippen LogP contribution is -2.07. The van der Waals surface area contributed by atoms with Gasteiger partial charge in [-0.2, -0.15) is 0 Å². The number of hydrogen-bond donors (Lipinski definition) is 0. The molecule has 0 N–H and O–H groups in total. The van der Waals surface area contributed by atoms with Gasteiger partial charge >= 0.3 is 11.9 Å². The van der Waals surface area contributed by atoms with Gasteiger partial charge in [-0.15, -0.1) is 23.5 Å². The molecule has 0 aliphatic heterocycles. The van der Waals surface area contributed by atoms with Gasteiger partial charge in [0, 0.05) is 24.6 Å². The van der Waals surface area contributed by atoms with Crippen LogP contribution in [0.15, 0.2) is 34.1 Å². The Balaban J connectivity index is 2.89. The molecule has 0 aliphatic carbocycles. The molecule has 22 heavy (non-hydrogen) atoms. The SMILES string of the molecule is CSc1c(SC)c(OC(C)=O)c2ccccc2c1OC(C)=O. The average Bonchev–Trinajstić information content (AvgIpc) is 2.48. The van der Waals surface area contributed by atoms with Crippen molar-refractivity contribution in [1.82, 2.24) is 0 Å². The molecule has 0 radical (unpaired) electrons. The minimum absolute atomic E-state index is 0.382. The fourth-order valence-electron chi connectivity index (χ4n) is 2.19. The van der Waals surface area contributed by atoms with Crippen molar-refractivity contribution in [3.63, 3.8) is 0 Å². The van der Waals surface area contributed by atoms with Gasteiger partial charge in [0.1, 0.15) is 0 Å². The summed E-state index contributed by atoms with van der Waals surface area (Å²) < 4.78 is 10.9. The summed E-state index contributed by atoms with van der Waals surface area (Å²) in [4.78, 5) is 24.5. The summed E-state index contributed by atoms with van der Waals surface area (Å²) in [6.07, 6.45) is 3.79. The molecule has 0 spiro atoms. The van der Waals surface area contributed by atoms with Gasteiger partial charge in [0.15, 0.2) is 11.5 Å². The predicted octanol–water partition coefficient (Wildman–Crippen LogP) is 4.13. The van der Waals surface area contributed by atoms with Crippen molar-refractivity contribution in [2.24, 2.45) is 0 Å². The van der Waals surface area contributed by atoms with E-state index in [0.29, 0.717) is 11.5 Å². The van der Waals surface area contributed by atoms with Gasteiger partial charge < -0.3 is 9.47 Å². The van der Waals surface area contributed by atoms with Crippen molar-refractivity contribution in [2.45, 2.75) is 23.6 Å². The second kappa shape index (κ2) is 7.07. The predicted molar refractivity (Wildman–Crippen MR) is 90.1 cm³/mol. The first kappa shape index (κ1) is 16.7. The minimum Gasteiger partial charge on any atom is -0.425 e. The highest BCUT2D eigenvalue weighted by Crippen LogP contribution is 2.48. The molecule has 0 fully saturated rings. The molecule has 4 nitrogen and oxygen atoms in total. The third-order valence-corrected chi connectivity index (χ3v) is 4.66. The summed E-state index contributed by atoms with van der Waals surface area (Å²) in [5.74, 6) is 0.257. The fraction of sp³-hybridized carbons (Fsp3) is 0.250. The van der Waals surface area contributed by atoms with Crippen LogP contribution < -0.4 is 9.47 Å². The first-order valence-corrected chi connectivity index (χ1v) is 8.98. The Morgan fingerprint density at radius 3 is 1.45 bits per heavy atom. The first-order valence-electron chi connectivity index (χ1n) is 6.53. The van der Waals surface area contributed by atoms with Crippen molar-refractivity contribution in [1.29, 1.82) is 0 Å². The molecule has 0 aromatic heterocycles. The molecule has 0 saturated heterocycles. The van der Waals surface area contributed by atoms with Crippen molar-refractivity contribution >= 4 is 46.2 Å². The number of benzene rings is 2. The maximum atomic E-state index is 11.5. The number of thioether (sulfide) groups is 2. The van der Waals surface area contributed by atoms with E-state index in [2.05, 4.69) is 0 Å². The van der Waals surface area contributed by atoms with E-state index in [1.165, 1.54) is 37.4 Å². The third-order valence-electron chi connectivity index (χ3n) is 2.93. The highest BCUT2D eigenvalue weighted by Gasteiger charge is 2.22. The summed E-state index contributed by atoms with van der Waals surface area (Å²) in [5.41, 5.74) is 0. The van der Waals surface area contributed by atoms with Crippen LogP contribution in [-0.2, 0) is 9.59 Å². The summed E-state index contributed by atoms with van der Waals surface area (Å²) in [7, 11) is 0. The first-order chi connectivity index (χ1) is 10.5. The fourth-order valence-corrected chi connectivity index (χ4v) is 3.92. The summed E-state index contributed by atoms with van der Waals surface area (Å²) >= 11 is 2.91. The van der Waals surface area contributed by atoms with E-state index >= 15 is 0 Å². The third kappa shape index (κ3) is 3.23. The number of hydrogen-bond acceptors (Lipinski definition) is 6. The van der Waals surface area contributed by atoms with Crippen LogP contribution in [0, 0.1) is 0 Å². The number of ether oxygens (including phenoxy) is 2. The Hall–Kier alpha value is -1.66. The minimum atomic E-state index is -0.382. The quantitative estimate of drug-likeness (QED) is 0.475. The summed E-state index contributed by atoms with van der Waals surface area (Å²) in [6.45, 7) is 2.75. The summed E-state index contributed by atoms with van der Waals surface area (Å²) in [6, 6.07) is 7.42. The number of fused-ring (bicyclic) bond motifs is 1. The van der Waals surface area contributed by atoms with Crippen LogP contribution in [0.5, 0.6) is 11.5 Å². The van der Waals surface area contributed by atoms with Gasteiger partial charge in [0.2, 0.25) is 0 Å². The monoisotopic (exact) mass is 336 g/mol. The molecule has 116 valence electrons. The van der Waals surface area contributed by atoms with Crippen LogP contribution in [0.3, 0.4) is 0 Å². The van der Waals surface area contributed by atoms with Crippen LogP contribution in [0.2, 0.25) is 0 Å². The van der Waals surface area contributed by atoms with Crippen molar-refractivity contribution in [3.05, 3.63) is 24.3 Å². The molecular weight excluding hydrogens is 320 g/mol. The largest absolute Gasteiger partial charge is 0.425 e. The lowest BCUT2D eigenvalue weighted by molar-refractivity contribution is -0.133. The van der Waals surface area contributed by atoms with E-state index in [1.54, 1.807) is 0 Å². The van der Waals surface area contributed by atoms with Crippen molar-refractivity contribution in [2.75, 3.05) is 12.5 Å². The van der Waals surface area contributed by atoms with Crippen LogP contribution in [-0.4, -0.2) is 24.5 Å². The van der Waals surface area contributed by atoms with Gasteiger partial charge in [0.05, 0.1) is 9.79 Å². The van der Waals surface area contributed by atoms with Crippen LogP contribution >= 0.6 is 23.5 Å². The van der Waals surface area contributed by atoms with E-state index in [1.807, 2.05) is 36.8 Å². The van der Waals surface area contributed by atoms with E-state index in [0.717, 1.165) is 20.6 Å². The maximum absolute atomic E-state index is 11.5. The molecule has 0 amide bonds. The highest BCUT2D eigenvalue weighted by molar-refractivity contribution is 8.01. The molecular formula is C16H16O4S2. The molecule has 0 atom stereocenters. The molecule has 0 aliphatic rings. The molecule has 0 saturated carbocycles. The normalized spacial score (nSPS) is 10.5. The lowest BCUT2D eigenvalue weighted by Gasteiger charge is -2.18. The Bertz CT molecular complexity index is 678. The van der Waals surface area contributed by atoms with Crippen LogP contribution in [0.4, 0.5) is 0 Å². The number of carbonyl (C=O) groups excluding carboxylic acids is 2. The molecule has 0 unspecified atom stereocenters. The zero-order valence-corrected chi connectivity index (χ0v) is 14.4. The zero-order chi connectivity index (χ0) is 16.3. The van der Waals surface area contributed by atoms with E-state index in [9.17, 15) is 9.59 Å². The van der Waals surface area contributed by atoms with Crippen LogP contribution in [0.1, 0.15) is 13.8 Å². The van der Waals surface area contributed by atoms with Gasteiger partial charge in [-0.1, -0.05) is 24.3 Å². The average molecular weight is 336 g/mol. The summed E-state index contributed by atoms with van der Waals surface area (Å²) in [5, 5.41) is 1.49. The zero-order valence-electron chi connectivity index (χ0n) is 12.8. The second-order valence-electron chi connectivity index (χ2n) is 4.46. The molecule has 0 heterocycles. The van der Waals surface area contributed by atoms with E-state index in [4.69, 9.17) is 9.47 Å². The molecule has 2 aromatic rings. The Morgan fingerprint density at radius 1 is 0.818 bits per heavy atom.